The number of anilines is 1. The van der Waals surface area contributed by atoms with Crippen LogP contribution in [0.2, 0.25) is 0 Å². The van der Waals surface area contributed by atoms with Crippen molar-refractivity contribution in [2.75, 3.05) is 11.9 Å². The number of hydrogen-bond donors (Lipinski definition) is 2. The molecule has 138 valence electrons. The van der Waals surface area contributed by atoms with Gasteiger partial charge >= 0.3 is 0 Å². The number of nitrogens with one attached hydrogen (secondary N) is 1. The minimum atomic E-state index is -0.946. The average molecular weight is 364 g/mol. The van der Waals surface area contributed by atoms with Crippen molar-refractivity contribution >= 4 is 17.3 Å². The Kier molecular flexibility index (Phi) is 5.99. The molecule has 8 heteroatoms. The number of nitrogens with two attached hydrogens (primary N) is 1. The molecule has 6 nitrogen and oxygen atoms in total. The molecule has 2 aromatic rings. The van der Waals surface area contributed by atoms with Crippen LogP contribution in [0.1, 0.15) is 29.7 Å². The van der Waals surface area contributed by atoms with E-state index >= 15 is 0 Å². The summed E-state index contributed by atoms with van der Waals surface area (Å²) in [6.07, 6.45) is 0. The van der Waals surface area contributed by atoms with Crippen molar-refractivity contribution < 1.29 is 23.8 Å². The van der Waals surface area contributed by atoms with Crippen molar-refractivity contribution in [1.82, 2.24) is 0 Å². The van der Waals surface area contributed by atoms with Crippen LogP contribution in [0, 0.1) is 35.6 Å². The number of nitro groups is 1. The predicted molar refractivity (Wildman–Crippen MR) is 92.8 cm³/mol. The maximum atomic E-state index is 13.3. The third-order valence-corrected chi connectivity index (χ3v) is 4.30. The average Bonchev–Trinajstić information content (AvgIpc) is 2.59. The number of aryl methyl sites for hydroxylation is 1. The van der Waals surface area contributed by atoms with Gasteiger partial charge in [0.15, 0.2) is 18.2 Å². The van der Waals surface area contributed by atoms with Gasteiger partial charge in [0, 0.05) is 11.6 Å². The standard InChI is InChI=1S/C18H19F2N3O3/c1-10-4-7-16(23(25)26)18(11(10)2)22-17(24)9-21-12(3)13-5-6-14(19)15(20)8-13/h4-8,12,21H,9H2,1-3H3,(H,22,24)/p+1/t12-/m1/s1. The normalized spacial score (nSPS) is 11.9. The molecule has 1 atom stereocenters. The van der Waals surface area contributed by atoms with E-state index in [0.717, 1.165) is 17.7 Å². The van der Waals surface area contributed by atoms with E-state index in [-0.39, 0.29) is 24.0 Å². The van der Waals surface area contributed by atoms with E-state index in [2.05, 4.69) is 5.32 Å². The van der Waals surface area contributed by atoms with Gasteiger partial charge in [-0.25, -0.2) is 8.78 Å². The van der Waals surface area contributed by atoms with Gasteiger partial charge in [-0.15, -0.1) is 0 Å². The van der Waals surface area contributed by atoms with E-state index in [0.29, 0.717) is 11.1 Å². The summed E-state index contributed by atoms with van der Waals surface area (Å²) >= 11 is 0. The number of nitro benzene ring substituents is 1. The number of quaternary nitrogens is 1. The van der Waals surface area contributed by atoms with Gasteiger partial charge in [-0.05, 0) is 50.1 Å². The Morgan fingerprint density at radius 1 is 1.23 bits per heavy atom. The van der Waals surface area contributed by atoms with Gasteiger partial charge in [0.2, 0.25) is 0 Å². The van der Waals surface area contributed by atoms with Crippen molar-refractivity contribution in [1.29, 1.82) is 0 Å². The van der Waals surface area contributed by atoms with E-state index < -0.39 is 22.5 Å². The molecule has 0 aromatic heterocycles. The van der Waals surface area contributed by atoms with Crippen LogP contribution in [-0.4, -0.2) is 17.4 Å². The SMILES string of the molecule is Cc1ccc([N+](=O)[O-])c(NC(=O)C[NH2+][C@H](C)c2ccc(F)c(F)c2)c1C. The van der Waals surface area contributed by atoms with Crippen molar-refractivity contribution in [2.24, 2.45) is 0 Å². The molecule has 2 rings (SSSR count). The first-order chi connectivity index (χ1) is 12.2. The van der Waals surface area contributed by atoms with E-state index in [1.54, 1.807) is 32.2 Å². The van der Waals surface area contributed by atoms with Gasteiger partial charge in [0.05, 0.1) is 4.92 Å². The highest BCUT2D eigenvalue weighted by Gasteiger charge is 2.21. The van der Waals surface area contributed by atoms with Gasteiger partial charge in [-0.3, -0.25) is 14.9 Å². The smallest absolute Gasteiger partial charge is 0.293 e. The zero-order chi connectivity index (χ0) is 19.4. The van der Waals surface area contributed by atoms with E-state index in [1.807, 2.05) is 0 Å². The van der Waals surface area contributed by atoms with Crippen LogP contribution >= 0.6 is 0 Å². The number of carbonyl (C=O) groups is 1. The molecule has 0 bridgehead atoms. The summed E-state index contributed by atoms with van der Waals surface area (Å²) in [5.74, 6) is -2.30. The first kappa shape index (κ1) is 19.5. The van der Waals surface area contributed by atoms with E-state index in [4.69, 9.17) is 0 Å². The molecule has 0 saturated carbocycles. The van der Waals surface area contributed by atoms with E-state index in [9.17, 15) is 23.7 Å². The maximum Gasteiger partial charge on any atom is 0.293 e. The second kappa shape index (κ2) is 8.01. The van der Waals surface area contributed by atoms with Gasteiger partial charge in [-0.2, -0.15) is 0 Å². The summed E-state index contributed by atoms with van der Waals surface area (Å²) in [5, 5.41) is 15.4. The molecule has 0 fully saturated rings. The highest BCUT2D eigenvalue weighted by atomic mass is 19.2. The van der Waals surface area contributed by atoms with Crippen molar-refractivity contribution in [3.05, 3.63) is 68.8 Å². The molecule has 0 aliphatic rings. The minimum Gasteiger partial charge on any atom is -0.333 e. The maximum absolute atomic E-state index is 13.3. The number of carbonyl (C=O) groups excluding carboxylic acids is 1. The molecule has 0 saturated heterocycles. The lowest BCUT2D eigenvalue weighted by molar-refractivity contribution is -0.682. The Labute approximate surface area is 149 Å². The molecular formula is C18H20F2N3O3+. The van der Waals surface area contributed by atoms with Crippen LogP contribution in [0.25, 0.3) is 0 Å². The van der Waals surface area contributed by atoms with Crippen LogP contribution in [0.5, 0.6) is 0 Å². The minimum absolute atomic E-state index is 0.0231. The van der Waals surface area contributed by atoms with Crippen molar-refractivity contribution in [3.63, 3.8) is 0 Å². The first-order valence-corrected chi connectivity index (χ1v) is 8.03. The van der Waals surface area contributed by atoms with Crippen LogP contribution in [-0.2, 0) is 4.79 Å². The molecule has 1 amide bonds. The zero-order valence-corrected chi connectivity index (χ0v) is 14.7. The van der Waals surface area contributed by atoms with Crippen LogP contribution in [0.3, 0.4) is 0 Å². The molecule has 26 heavy (non-hydrogen) atoms. The second-order valence-corrected chi connectivity index (χ2v) is 6.11. The lowest BCUT2D eigenvalue weighted by Gasteiger charge is -2.13. The molecule has 0 spiro atoms. The largest absolute Gasteiger partial charge is 0.333 e. The molecule has 0 radical (unpaired) electrons. The quantitative estimate of drug-likeness (QED) is 0.610. The summed E-state index contributed by atoms with van der Waals surface area (Å²) in [4.78, 5) is 22.8. The van der Waals surface area contributed by atoms with Gasteiger partial charge in [-0.1, -0.05) is 6.07 Å². The highest BCUT2D eigenvalue weighted by Crippen LogP contribution is 2.30. The zero-order valence-electron chi connectivity index (χ0n) is 14.7. The summed E-state index contributed by atoms with van der Waals surface area (Å²) in [7, 11) is 0. The number of benzene rings is 2. The number of halogens is 2. The topological polar surface area (TPSA) is 88.9 Å². The Bertz CT molecular complexity index is 856. The van der Waals surface area contributed by atoms with Gasteiger partial charge in [0.25, 0.3) is 11.6 Å². The summed E-state index contributed by atoms with van der Waals surface area (Å²) in [6.45, 7) is 5.22. The van der Waals surface area contributed by atoms with Gasteiger partial charge in [0.1, 0.15) is 11.7 Å². The molecule has 0 aliphatic heterocycles. The third-order valence-electron chi connectivity index (χ3n) is 4.30. The lowest BCUT2D eigenvalue weighted by atomic mass is 10.1. The Morgan fingerprint density at radius 2 is 1.92 bits per heavy atom. The first-order valence-electron chi connectivity index (χ1n) is 8.03. The second-order valence-electron chi connectivity index (χ2n) is 6.11. The Balaban J connectivity index is 2.06. The number of rotatable bonds is 6. The summed E-state index contributed by atoms with van der Waals surface area (Å²) < 4.78 is 26.3. The third kappa shape index (κ3) is 4.40. The van der Waals surface area contributed by atoms with E-state index in [1.165, 1.54) is 12.1 Å². The molecule has 0 heterocycles. The molecule has 2 aromatic carbocycles. The fraction of sp³-hybridized carbons (Fsp3) is 0.278. The monoisotopic (exact) mass is 364 g/mol. The Morgan fingerprint density at radius 3 is 2.54 bits per heavy atom. The predicted octanol–water partition coefficient (Wildman–Crippen LogP) is 2.75. The molecule has 3 N–H and O–H groups in total. The molecule has 0 aliphatic carbocycles. The van der Waals surface area contributed by atoms with Crippen LogP contribution in [0.4, 0.5) is 20.2 Å². The van der Waals surface area contributed by atoms with Crippen molar-refractivity contribution in [2.45, 2.75) is 26.8 Å². The number of nitrogens with zero attached hydrogens (tertiary/aromatic N) is 1. The van der Waals surface area contributed by atoms with Crippen LogP contribution < -0.4 is 10.6 Å². The fourth-order valence-electron chi connectivity index (χ4n) is 2.52. The number of amides is 1. The highest BCUT2D eigenvalue weighted by molar-refractivity contribution is 5.94. The Hall–Kier alpha value is -2.87. The lowest BCUT2D eigenvalue weighted by Crippen LogP contribution is -2.86. The number of hydrogen-bond acceptors (Lipinski definition) is 3. The van der Waals surface area contributed by atoms with Crippen LogP contribution in [0.15, 0.2) is 30.3 Å². The summed E-state index contributed by atoms with van der Waals surface area (Å²) in [6, 6.07) is 6.27. The molecular weight excluding hydrogens is 344 g/mol. The van der Waals surface area contributed by atoms with Gasteiger partial charge < -0.3 is 10.6 Å². The van der Waals surface area contributed by atoms with Crippen molar-refractivity contribution in [3.8, 4) is 0 Å². The summed E-state index contributed by atoms with van der Waals surface area (Å²) in [5.41, 5.74) is 1.99. The molecule has 0 unspecified atom stereocenters. The fourth-order valence-corrected chi connectivity index (χ4v) is 2.52.